The minimum absolute atomic E-state index is 0.560. The standard InChI is InChI=1S/C5H9NO.C2HF3O2/c1-4-3-7-5(1)2-6-4;3-2(4,5)1(6)7/h4-6H,1-3H2;(H,6,7). The third-order valence-electron chi connectivity index (χ3n) is 1.96. The van der Waals surface area contributed by atoms with E-state index in [4.69, 9.17) is 14.6 Å². The molecule has 0 radical (unpaired) electrons. The van der Waals surface area contributed by atoms with Gasteiger partial charge in [-0.15, -0.1) is 0 Å². The first kappa shape index (κ1) is 11.3. The fourth-order valence-corrected chi connectivity index (χ4v) is 1.29. The molecule has 0 aromatic rings. The molecule has 2 atom stereocenters. The Bertz CT molecular complexity index is 201. The fourth-order valence-electron chi connectivity index (χ4n) is 1.29. The maximum absolute atomic E-state index is 10.6. The zero-order valence-electron chi connectivity index (χ0n) is 7.17. The summed E-state index contributed by atoms with van der Waals surface area (Å²) in [4.78, 5) is 8.90. The molecule has 0 saturated carbocycles. The van der Waals surface area contributed by atoms with Crippen molar-refractivity contribution in [3.8, 4) is 0 Å². The molecule has 4 nitrogen and oxygen atoms in total. The largest absolute Gasteiger partial charge is 0.490 e. The van der Waals surface area contributed by atoms with Crippen molar-refractivity contribution in [2.24, 2.45) is 0 Å². The summed E-state index contributed by atoms with van der Waals surface area (Å²) in [7, 11) is 0. The number of hydrogen-bond donors (Lipinski definition) is 2. The van der Waals surface area contributed by atoms with Gasteiger partial charge in [0.1, 0.15) is 0 Å². The molecular formula is C7H10F3NO3. The minimum Gasteiger partial charge on any atom is -0.475 e. The van der Waals surface area contributed by atoms with Crippen molar-refractivity contribution in [3.05, 3.63) is 0 Å². The number of alkyl halides is 3. The van der Waals surface area contributed by atoms with Crippen LogP contribution < -0.4 is 5.32 Å². The molecule has 2 fully saturated rings. The first-order chi connectivity index (χ1) is 6.39. The molecule has 2 N–H and O–H groups in total. The van der Waals surface area contributed by atoms with E-state index in [1.807, 2.05) is 0 Å². The lowest BCUT2D eigenvalue weighted by Crippen LogP contribution is -2.30. The molecular weight excluding hydrogens is 203 g/mol. The first-order valence-electron chi connectivity index (χ1n) is 4.04. The molecule has 2 aliphatic rings. The molecule has 82 valence electrons. The van der Waals surface area contributed by atoms with Crippen LogP contribution in [-0.4, -0.2) is 42.5 Å². The summed E-state index contributed by atoms with van der Waals surface area (Å²) in [5, 5.41) is 10.5. The highest BCUT2D eigenvalue weighted by Gasteiger charge is 2.38. The first-order valence-corrected chi connectivity index (χ1v) is 4.04. The SMILES string of the molecule is C1OC2CNC1C2.O=C(O)C(F)(F)F. The van der Waals surface area contributed by atoms with Crippen LogP contribution in [0.25, 0.3) is 0 Å². The van der Waals surface area contributed by atoms with E-state index in [1.54, 1.807) is 0 Å². The lowest BCUT2D eigenvalue weighted by atomic mass is 10.3. The zero-order valence-corrected chi connectivity index (χ0v) is 7.17. The Morgan fingerprint density at radius 2 is 2.07 bits per heavy atom. The number of carbonyl (C=O) groups is 1. The molecule has 14 heavy (non-hydrogen) atoms. The fraction of sp³-hybridized carbons (Fsp3) is 0.857. The van der Waals surface area contributed by atoms with Crippen LogP contribution in [0.4, 0.5) is 13.2 Å². The number of fused-ring (bicyclic) bond motifs is 2. The van der Waals surface area contributed by atoms with E-state index in [0.717, 1.165) is 13.2 Å². The molecule has 0 aromatic carbocycles. The predicted molar refractivity (Wildman–Crippen MR) is 39.8 cm³/mol. The monoisotopic (exact) mass is 213 g/mol. The Morgan fingerprint density at radius 1 is 1.50 bits per heavy atom. The molecule has 0 aromatic heterocycles. The number of morpholine rings is 1. The minimum atomic E-state index is -5.08. The van der Waals surface area contributed by atoms with Crippen molar-refractivity contribution in [1.29, 1.82) is 0 Å². The van der Waals surface area contributed by atoms with E-state index < -0.39 is 12.1 Å². The molecule has 0 aliphatic carbocycles. The summed E-state index contributed by atoms with van der Waals surface area (Å²) in [6.45, 7) is 2.04. The van der Waals surface area contributed by atoms with Crippen molar-refractivity contribution in [3.63, 3.8) is 0 Å². The third-order valence-corrected chi connectivity index (χ3v) is 1.96. The van der Waals surface area contributed by atoms with E-state index in [9.17, 15) is 13.2 Å². The number of hydrogen-bond acceptors (Lipinski definition) is 3. The van der Waals surface area contributed by atoms with Crippen LogP contribution in [0.15, 0.2) is 0 Å². The average Bonchev–Trinajstić information content (AvgIpc) is 2.65. The molecule has 0 spiro atoms. The van der Waals surface area contributed by atoms with Crippen LogP contribution in [0, 0.1) is 0 Å². The smallest absolute Gasteiger partial charge is 0.475 e. The summed E-state index contributed by atoms with van der Waals surface area (Å²) in [6.07, 6.45) is -3.27. The van der Waals surface area contributed by atoms with Crippen LogP contribution in [0.1, 0.15) is 6.42 Å². The molecule has 7 heteroatoms. The second-order valence-electron chi connectivity index (χ2n) is 3.10. The second-order valence-corrected chi connectivity index (χ2v) is 3.10. The molecule has 2 aliphatic heterocycles. The van der Waals surface area contributed by atoms with Crippen molar-refractivity contribution in [2.45, 2.75) is 24.7 Å². The van der Waals surface area contributed by atoms with E-state index >= 15 is 0 Å². The summed E-state index contributed by atoms with van der Waals surface area (Å²) >= 11 is 0. The molecule has 2 bridgehead atoms. The summed E-state index contributed by atoms with van der Waals surface area (Å²) < 4.78 is 37.0. The van der Waals surface area contributed by atoms with Gasteiger partial charge < -0.3 is 15.2 Å². The zero-order chi connectivity index (χ0) is 10.8. The number of carboxylic acid groups (broad SMARTS) is 1. The van der Waals surface area contributed by atoms with Crippen LogP contribution >= 0.6 is 0 Å². The Hall–Kier alpha value is -0.820. The average molecular weight is 213 g/mol. The summed E-state index contributed by atoms with van der Waals surface area (Å²) in [6, 6.07) is 0.699. The summed E-state index contributed by atoms with van der Waals surface area (Å²) in [5.74, 6) is -2.76. The van der Waals surface area contributed by atoms with Crippen molar-refractivity contribution < 1.29 is 27.8 Å². The van der Waals surface area contributed by atoms with Gasteiger partial charge in [0.25, 0.3) is 0 Å². The number of nitrogens with one attached hydrogen (secondary N) is 1. The highest BCUT2D eigenvalue weighted by atomic mass is 19.4. The van der Waals surface area contributed by atoms with Gasteiger partial charge in [0, 0.05) is 12.6 Å². The third kappa shape index (κ3) is 3.15. The molecule has 2 rings (SSSR count). The van der Waals surface area contributed by atoms with Gasteiger partial charge >= 0.3 is 12.1 Å². The van der Waals surface area contributed by atoms with E-state index in [-0.39, 0.29) is 0 Å². The predicted octanol–water partition coefficient (Wildman–Crippen LogP) is 0.380. The van der Waals surface area contributed by atoms with Crippen LogP contribution in [0.3, 0.4) is 0 Å². The number of carboxylic acids is 1. The van der Waals surface area contributed by atoms with Gasteiger partial charge in [-0.3, -0.25) is 0 Å². The maximum Gasteiger partial charge on any atom is 0.490 e. The van der Waals surface area contributed by atoms with Gasteiger partial charge in [-0.25, -0.2) is 4.79 Å². The Labute approximate surface area is 78.0 Å². The number of rotatable bonds is 0. The Balaban J connectivity index is 0.000000140. The normalized spacial score (nSPS) is 29.6. The number of halogens is 3. The quantitative estimate of drug-likeness (QED) is 0.610. The number of aliphatic carboxylic acids is 1. The van der Waals surface area contributed by atoms with Gasteiger partial charge in [-0.2, -0.15) is 13.2 Å². The van der Waals surface area contributed by atoms with Crippen LogP contribution in [0.5, 0.6) is 0 Å². The second kappa shape index (κ2) is 4.14. The molecule has 2 unspecified atom stereocenters. The van der Waals surface area contributed by atoms with Crippen LogP contribution in [-0.2, 0) is 9.53 Å². The van der Waals surface area contributed by atoms with E-state index in [1.165, 1.54) is 6.42 Å². The van der Waals surface area contributed by atoms with Crippen molar-refractivity contribution in [2.75, 3.05) is 13.2 Å². The van der Waals surface area contributed by atoms with Gasteiger partial charge in [-0.05, 0) is 6.42 Å². The lowest BCUT2D eigenvalue weighted by molar-refractivity contribution is -0.192. The molecule has 2 saturated heterocycles. The molecule has 2 heterocycles. The number of ether oxygens (including phenoxy) is 1. The van der Waals surface area contributed by atoms with E-state index in [0.29, 0.717) is 12.1 Å². The summed E-state index contributed by atoms with van der Waals surface area (Å²) in [5.41, 5.74) is 0. The van der Waals surface area contributed by atoms with Gasteiger partial charge in [0.05, 0.1) is 12.7 Å². The van der Waals surface area contributed by atoms with Crippen molar-refractivity contribution in [1.82, 2.24) is 5.32 Å². The highest BCUT2D eigenvalue weighted by Crippen LogP contribution is 2.18. The Morgan fingerprint density at radius 3 is 2.14 bits per heavy atom. The van der Waals surface area contributed by atoms with Crippen LogP contribution in [0.2, 0.25) is 0 Å². The van der Waals surface area contributed by atoms with Gasteiger partial charge in [-0.1, -0.05) is 0 Å². The maximum atomic E-state index is 10.6. The van der Waals surface area contributed by atoms with E-state index in [2.05, 4.69) is 5.32 Å². The Kier molecular flexibility index (Phi) is 3.33. The molecule has 0 amide bonds. The van der Waals surface area contributed by atoms with Gasteiger partial charge in [0.2, 0.25) is 0 Å². The van der Waals surface area contributed by atoms with Crippen molar-refractivity contribution >= 4 is 5.97 Å². The highest BCUT2D eigenvalue weighted by molar-refractivity contribution is 5.73. The lowest BCUT2D eigenvalue weighted by Gasteiger charge is -2.09. The topological polar surface area (TPSA) is 58.6 Å². The van der Waals surface area contributed by atoms with Gasteiger partial charge in [0.15, 0.2) is 0 Å².